The summed E-state index contributed by atoms with van der Waals surface area (Å²) < 4.78 is 24.3. The number of aliphatic carboxylic acids is 1. The minimum absolute atomic E-state index is 0.00510. The van der Waals surface area contributed by atoms with Crippen LogP contribution < -0.4 is 15.2 Å². The second-order valence-electron chi connectivity index (χ2n) is 7.25. The van der Waals surface area contributed by atoms with Crippen LogP contribution in [-0.2, 0) is 19.8 Å². The number of hydrogen-bond donors (Lipinski definition) is 5. The Kier molecular flexibility index (Phi) is 5.58. The fourth-order valence-corrected chi connectivity index (χ4v) is 6.05. The highest BCUT2D eigenvalue weighted by atomic mass is 32.2. The Morgan fingerprint density at radius 1 is 1.52 bits per heavy atom. The predicted molar refractivity (Wildman–Crippen MR) is 98.5 cm³/mol. The van der Waals surface area contributed by atoms with Gasteiger partial charge in [-0.3, -0.25) is 4.79 Å². The van der Waals surface area contributed by atoms with Crippen molar-refractivity contribution in [1.29, 1.82) is 0 Å². The Morgan fingerprint density at radius 3 is 2.74 bits per heavy atom. The number of β-lactam (4-membered cyclic amide) rings is 1. The van der Waals surface area contributed by atoms with Gasteiger partial charge in [-0.2, -0.15) is 8.42 Å². The van der Waals surface area contributed by atoms with Gasteiger partial charge in [0.2, 0.25) is 5.91 Å². The quantitative estimate of drug-likeness (QED) is 0.308. The van der Waals surface area contributed by atoms with E-state index in [1.54, 1.807) is 6.92 Å². The van der Waals surface area contributed by atoms with Gasteiger partial charge in [-0.25, -0.2) is 14.7 Å². The number of hydrogen-bond acceptors (Lipinski definition) is 7. The van der Waals surface area contributed by atoms with E-state index in [1.165, 1.54) is 16.7 Å². The molecule has 2 saturated heterocycles. The summed E-state index contributed by atoms with van der Waals surface area (Å²) in [4.78, 5) is 26.1. The first-order chi connectivity index (χ1) is 12.5. The Bertz CT molecular complexity index is 783. The molecular weight excluding hydrogens is 396 g/mol. The van der Waals surface area contributed by atoms with Crippen LogP contribution in [0.25, 0.3) is 0 Å². The average Bonchev–Trinajstić information content (AvgIpc) is 3.07. The maximum atomic E-state index is 12.3. The maximum Gasteiger partial charge on any atom is 0.353 e. The number of carbonyl (C=O) groups is 2. The third kappa shape index (κ3) is 3.87. The number of fused-ring (bicyclic) bond motifs is 1. The largest absolute Gasteiger partial charge is 0.477 e. The van der Waals surface area contributed by atoms with Crippen molar-refractivity contribution in [3.05, 3.63) is 10.6 Å². The summed E-state index contributed by atoms with van der Waals surface area (Å²) in [6.45, 7) is 4.17. The molecule has 0 aromatic heterocycles. The fourth-order valence-electron chi connectivity index (χ4n) is 4.10. The van der Waals surface area contributed by atoms with Gasteiger partial charge in [0.25, 0.3) is 10.2 Å². The summed E-state index contributed by atoms with van der Waals surface area (Å²) in [5, 5.41) is 27.7. The van der Waals surface area contributed by atoms with Crippen LogP contribution in [0.1, 0.15) is 20.3 Å². The molecule has 6 atom stereocenters. The number of nitrogens with zero attached hydrogens (tertiary/aromatic N) is 1. The molecule has 10 nitrogen and oxygen atoms in total. The molecule has 0 aromatic rings. The monoisotopic (exact) mass is 420 g/mol. The summed E-state index contributed by atoms with van der Waals surface area (Å²) in [7, 11) is -3.76. The molecule has 1 amide bonds. The highest BCUT2D eigenvalue weighted by molar-refractivity contribution is 8.03. The van der Waals surface area contributed by atoms with E-state index < -0.39 is 28.2 Å². The fraction of sp³-hybridized carbons (Fsp3) is 0.733. The smallest absolute Gasteiger partial charge is 0.353 e. The molecule has 3 rings (SSSR count). The molecule has 3 aliphatic rings. The number of carboxylic acid groups (broad SMARTS) is 1. The van der Waals surface area contributed by atoms with Crippen LogP contribution in [0.4, 0.5) is 0 Å². The van der Waals surface area contributed by atoms with Gasteiger partial charge in [0, 0.05) is 35.2 Å². The van der Waals surface area contributed by atoms with Crippen molar-refractivity contribution < 1.29 is 28.2 Å². The van der Waals surface area contributed by atoms with Gasteiger partial charge in [0.1, 0.15) is 5.70 Å². The molecule has 12 heteroatoms. The molecule has 152 valence electrons. The lowest BCUT2D eigenvalue weighted by molar-refractivity contribution is -0.163. The van der Waals surface area contributed by atoms with E-state index in [0.717, 1.165) is 0 Å². The van der Waals surface area contributed by atoms with Gasteiger partial charge in [0.05, 0.1) is 18.1 Å². The van der Waals surface area contributed by atoms with E-state index in [9.17, 15) is 28.2 Å². The molecule has 0 aliphatic carbocycles. The Hall–Kier alpha value is -1.18. The number of carbonyl (C=O) groups excluding carboxylic acids is 1. The third-order valence-corrected chi connectivity index (χ3v) is 7.40. The molecule has 27 heavy (non-hydrogen) atoms. The van der Waals surface area contributed by atoms with E-state index in [-0.39, 0.29) is 41.4 Å². The maximum absolute atomic E-state index is 12.3. The summed E-state index contributed by atoms with van der Waals surface area (Å²) in [5.74, 6) is -2.27. The topological polar surface area (TPSA) is 162 Å². The van der Waals surface area contributed by atoms with Gasteiger partial charge in [0.15, 0.2) is 0 Å². The first kappa shape index (κ1) is 20.6. The van der Waals surface area contributed by atoms with Crippen LogP contribution in [0.3, 0.4) is 0 Å². The van der Waals surface area contributed by atoms with Crippen molar-refractivity contribution in [2.24, 2.45) is 17.0 Å². The third-order valence-electron chi connectivity index (χ3n) is 5.32. The van der Waals surface area contributed by atoms with Gasteiger partial charge in [-0.15, -0.1) is 11.8 Å². The lowest BCUT2D eigenvalue weighted by atomic mass is 9.79. The second kappa shape index (κ2) is 7.33. The number of carboxylic acids is 1. The highest BCUT2D eigenvalue weighted by Crippen LogP contribution is 2.51. The van der Waals surface area contributed by atoms with Crippen molar-refractivity contribution in [2.75, 3.05) is 13.1 Å². The molecule has 0 spiro atoms. The lowest BCUT2D eigenvalue weighted by Crippen LogP contribution is -2.63. The molecule has 3 aliphatic heterocycles. The van der Waals surface area contributed by atoms with Crippen LogP contribution in [-0.4, -0.2) is 71.9 Å². The van der Waals surface area contributed by atoms with Crippen LogP contribution in [0.15, 0.2) is 10.6 Å². The Balaban J connectivity index is 1.71. The van der Waals surface area contributed by atoms with Crippen LogP contribution in [0.2, 0.25) is 0 Å². The van der Waals surface area contributed by atoms with E-state index in [1.807, 2.05) is 6.92 Å². The van der Waals surface area contributed by atoms with E-state index in [0.29, 0.717) is 17.9 Å². The molecular formula is C15H24N4O6S2. The zero-order chi connectivity index (χ0) is 20.1. The van der Waals surface area contributed by atoms with Gasteiger partial charge in [-0.05, 0) is 13.3 Å². The predicted octanol–water partition coefficient (Wildman–Crippen LogP) is -1.60. The zero-order valence-corrected chi connectivity index (χ0v) is 16.6. The number of amides is 1. The van der Waals surface area contributed by atoms with Gasteiger partial charge >= 0.3 is 5.97 Å². The number of thioether (sulfide) groups is 1. The Labute approximate surface area is 161 Å². The zero-order valence-electron chi connectivity index (χ0n) is 15.0. The minimum atomic E-state index is -3.76. The molecule has 0 aromatic carbocycles. The molecule has 0 bridgehead atoms. The van der Waals surface area contributed by atoms with E-state index in [4.69, 9.17) is 5.14 Å². The number of aliphatic hydroxyl groups excluding tert-OH is 1. The van der Waals surface area contributed by atoms with Crippen molar-refractivity contribution in [3.8, 4) is 0 Å². The molecule has 6 N–H and O–H groups in total. The summed E-state index contributed by atoms with van der Waals surface area (Å²) in [5.41, 5.74) is 0.00510. The first-order valence-corrected chi connectivity index (χ1v) is 11.1. The molecule has 3 heterocycles. The van der Waals surface area contributed by atoms with Crippen molar-refractivity contribution >= 4 is 33.8 Å². The van der Waals surface area contributed by atoms with Gasteiger partial charge in [-0.1, -0.05) is 6.92 Å². The molecule has 0 radical (unpaired) electrons. The number of nitrogens with two attached hydrogens (primary N) is 1. The van der Waals surface area contributed by atoms with Crippen LogP contribution in [0.5, 0.6) is 0 Å². The second-order valence-corrected chi connectivity index (χ2v) is 9.97. The molecule has 2 fully saturated rings. The van der Waals surface area contributed by atoms with Crippen LogP contribution >= 0.6 is 11.8 Å². The van der Waals surface area contributed by atoms with Crippen molar-refractivity contribution in [3.63, 3.8) is 0 Å². The van der Waals surface area contributed by atoms with Crippen LogP contribution in [0, 0.1) is 11.8 Å². The van der Waals surface area contributed by atoms with Crippen molar-refractivity contribution in [2.45, 2.75) is 43.7 Å². The van der Waals surface area contributed by atoms with Crippen molar-refractivity contribution in [1.82, 2.24) is 14.9 Å². The summed E-state index contributed by atoms with van der Waals surface area (Å²) >= 11 is 1.41. The SMILES string of the molecule is C[C@H](O)[C@@H]1C(=O)N2C(C(=O)O)=C(S[C@@H]3CN[C@H](CNS(N)(=O)=O)C3)[C@@H](C)[C@@H]12. The highest BCUT2D eigenvalue weighted by Gasteiger charge is 2.60. The van der Waals surface area contributed by atoms with Gasteiger partial charge < -0.3 is 20.4 Å². The standard InChI is InChI=1S/C15H24N4O6S2/c1-6-11-10(7(2)20)14(21)19(11)12(15(22)23)13(6)26-9-3-8(17-5-9)4-18-27(16,24)25/h6-11,17-18,20H,3-5H2,1-2H3,(H,22,23)(H2,16,24,25)/t6-,7-,8-,9-,10-,11-/m0/s1. The molecule has 0 unspecified atom stereocenters. The number of nitrogens with one attached hydrogen (secondary N) is 2. The lowest BCUT2D eigenvalue weighted by Gasteiger charge is -2.46. The molecule has 0 saturated carbocycles. The minimum Gasteiger partial charge on any atom is -0.477 e. The Morgan fingerprint density at radius 2 is 2.19 bits per heavy atom. The number of aliphatic hydroxyl groups is 1. The summed E-state index contributed by atoms with van der Waals surface area (Å²) in [6.07, 6.45) is -0.197. The summed E-state index contributed by atoms with van der Waals surface area (Å²) in [6, 6.07) is -0.435. The van der Waals surface area contributed by atoms with E-state index in [2.05, 4.69) is 10.0 Å². The first-order valence-electron chi connectivity index (χ1n) is 8.67. The number of rotatable bonds is 7. The van der Waals surface area contributed by atoms with E-state index >= 15 is 0 Å². The normalized spacial score (nSPS) is 34.6. The average molecular weight is 421 g/mol.